The quantitative estimate of drug-likeness (QED) is 0.176. The van der Waals surface area contributed by atoms with Crippen molar-refractivity contribution in [1.82, 2.24) is 0 Å². The second-order valence-electron chi connectivity index (χ2n) is 5.26. The Labute approximate surface area is 143 Å². The highest BCUT2D eigenvalue weighted by Gasteiger charge is 2.45. The molecule has 0 bridgehead atoms. The van der Waals surface area contributed by atoms with Crippen molar-refractivity contribution >= 4 is 22.6 Å². The fraction of sp³-hybridized carbons (Fsp3) is 0.833. The minimum Gasteiger partial charge on any atom is -0.464 e. The zero-order valence-electron chi connectivity index (χ0n) is 13.1. The van der Waals surface area contributed by atoms with Crippen molar-refractivity contribution in [3.05, 3.63) is 0 Å². The van der Waals surface area contributed by atoms with Crippen molar-refractivity contribution in [1.29, 1.82) is 0 Å². The number of aliphatic hydroxyl groups excluding tert-OH is 3. The number of esters is 1. The van der Waals surface area contributed by atoms with Crippen LogP contribution in [0, 0.1) is 0 Å². The molecule has 0 aliphatic carbocycles. The minimum atomic E-state index is -4.54. The maximum Gasteiger partial charge on any atom is 0.303 e. The Morgan fingerprint density at radius 3 is 2.36 bits per heavy atom. The third-order valence-electron chi connectivity index (χ3n) is 3.17. The lowest BCUT2D eigenvalue weighted by Crippen LogP contribution is -2.60. The van der Waals surface area contributed by atoms with Crippen molar-refractivity contribution in [2.45, 2.75) is 43.7 Å². The molecule has 0 aromatic heterocycles. The summed E-state index contributed by atoms with van der Waals surface area (Å²) in [4.78, 5) is 21.2. The molecule has 146 valence electrons. The summed E-state index contributed by atoms with van der Waals surface area (Å²) in [5, 5.41) is 29.3. The smallest absolute Gasteiger partial charge is 0.303 e. The number of aliphatic hydroxyl groups is 3. The van der Waals surface area contributed by atoms with Gasteiger partial charge in [-0.15, -0.1) is 0 Å². The molecule has 6 atom stereocenters. The molecule has 1 rings (SSSR count). The summed E-state index contributed by atoms with van der Waals surface area (Å²) >= 11 is 0. The molecule has 0 aromatic carbocycles. The molecule has 1 aliphatic rings. The van der Waals surface area contributed by atoms with E-state index in [0.717, 1.165) is 6.92 Å². The lowest BCUT2D eigenvalue weighted by atomic mass is 10.00. The van der Waals surface area contributed by atoms with Gasteiger partial charge in [-0.3, -0.25) is 14.1 Å². The average molecular weight is 388 g/mol. The van der Waals surface area contributed by atoms with Crippen LogP contribution in [0.2, 0.25) is 0 Å². The van der Waals surface area contributed by atoms with E-state index >= 15 is 0 Å². The zero-order valence-corrected chi connectivity index (χ0v) is 13.9. The highest BCUT2D eigenvalue weighted by atomic mass is 32.2. The molecule has 0 saturated carbocycles. The predicted octanol–water partition coefficient (Wildman–Crippen LogP) is -3.20. The first-order chi connectivity index (χ1) is 11.5. The Kier molecular flexibility index (Phi) is 8.14. The van der Waals surface area contributed by atoms with Gasteiger partial charge in [-0.05, 0) is 0 Å². The van der Waals surface area contributed by atoms with Crippen molar-refractivity contribution < 1.29 is 56.8 Å². The molecule has 0 amide bonds. The van der Waals surface area contributed by atoms with Crippen LogP contribution in [-0.4, -0.2) is 96.5 Å². The normalized spacial score (nSPS) is 31.2. The molecule has 1 aliphatic heterocycles. The van der Waals surface area contributed by atoms with Crippen LogP contribution >= 0.6 is 0 Å². The van der Waals surface area contributed by atoms with Crippen LogP contribution in [0.5, 0.6) is 0 Å². The number of carbonyl (C=O) groups is 2. The van der Waals surface area contributed by atoms with Crippen LogP contribution in [0.1, 0.15) is 6.92 Å². The molecule has 12 nitrogen and oxygen atoms in total. The third kappa shape index (κ3) is 7.19. The number of carbonyl (C=O) groups excluding carboxylic acids is 2. The summed E-state index contributed by atoms with van der Waals surface area (Å²) in [5.41, 5.74) is 0. The van der Waals surface area contributed by atoms with E-state index in [9.17, 15) is 33.3 Å². The fourth-order valence-corrected chi connectivity index (χ4v) is 2.79. The van der Waals surface area contributed by atoms with Crippen LogP contribution in [-0.2, 0) is 38.7 Å². The van der Waals surface area contributed by atoms with E-state index in [2.05, 4.69) is 4.74 Å². The van der Waals surface area contributed by atoms with Crippen molar-refractivity contribution in [2.24, 2.45) is 0 Å². The van der Waals surface area contributed by atoms with Gasteiger partial charge in [-0.25, -0.2) is 0 Å². The molecule has 0 spiro atoms. The highest BCUT2D eigenvalue weighted by Crippen LogP contribution is 2.23. The topological polar surface area (TPSA) is 186 Å². The summed E-state index contributed by atoms with van der Waals surface area (Å²) in [5.74, 6) is -1.74. The molecular weight excluding hydrogens is 368 g/mol. The SMILES string of the molecule is CC(=O)O[C@H](COC=O)CO[C@@H]1O[C@H](CS(=O)(=O)O)[C@@H](O)[C@H](O)[C@H]1O. The summed E-state index contributed by atoms with van der Waals surface area (Å²) in [6, 6.07) is 0. The minimum absolute atomic E-state index is 0.116. The molecule has 0 aromatic rings. The maximum atomic E-state index is 11.0. The molecule has 0 radical (unpaired) electrons. The van der Waals surface area contributed by atoms with Crippen LogP contribution in [0.25, 0.3) is 0 Å². The molecular formula is C12H20O12S. The van der Waals surface area contributed by atoms with Crippen molar-refractivity contribution in [3.63, 3.8) is 0 Å². The standard InChI is InChI=1S/C12H20O12S/c1-6(14)23-7(2-21-5-13)3-22-12-11(17)10(16)9(15)8(24-12)4-25(18,19)20/h5,7-12,15-17H,2-4H2,1H3,(H,18,19,20)/t7-,8-,9-,10+,11-,12-/m1/s1. The largest absolute Gasteiger partial charge is 0.464 e. The summed E-state index contributed by atoms with van der Waals surface area (Å²) < 4.78 is 50.1. The van der Waals surface area contributed by atoms with Gasteiger partial charge in [0.25, 0.3) is 16.6 Å². The average Bonchev–Trinajstić information content (AvgIpc) is 2.49. The summed E-state index contributed by atoms with van der Waals surface area (Å²) in [6.07, 6.45) is -9.58. The molecule has 0 unspecified atom stereocenters. The Hall–Kier alpha value is -1.35. The van der Waals surface area contributed by atoms with Gasteiger partial charge in [-0.1, -0.05) is 0 Å². The number of rotatable bonds is 9. The first-order valence-electron chi connectivity index (χ1n) is 7.04. The Morgan fingerprint density at radius 1 is 1.20 bits per heavy atom. The van der Waals surface area contributed by atoms with Gasteiger partial charge >= 0.3 is 5.97 Å². The van der Waals surface area contributed by atoms with E-state index in [-0.39, 0.29) is 13.1 Å². The first kappa shape index (κ1) is 21.7. The van der Waals surface area contributed by atoms with Gasteiger partial charge in [-0.2, -0.15) is 8.42 Å². The monoisotopic (exact) mass is 388 g/mol. The molecule has 1 heterocycles. The third-order valence-corrected chi connectivity index (χ3v) is 3.92. The second-order valence-corrected chi connectivity index (χ2v) is 6.75. The van der Waals surface area contributed by atoms with Crippen LogP contribution in [0.3, 0.4) is 0 Å². The molecule has 13 heteroatoms. The maximum absolute atomic E-state index is 11.0. The van der Waals surface area contributed by atoms with E-state index in [0.29, 0.717) is 0 Å². The van der Waals surface area contributed by atoms with Crippen LogP contribution in [0.15, 0.2) is 0 Å². The number of hydrogen-bond donors (Lipinski definition) is 4. The van der Waals surface area contributed by atoms with Gasteiger partial charge in [0.15, 0.2) is 12.4 Å². The Morgan fingerprint density at radius 2 is 1.84 bits per heavy atom. The molecule has 1 saturated heterocycles. The highest BCUT2D eigenvalue weighted by molar-refractivity contribution is 7.85. The van der Waals surface area contributed by atoms with Gasteiger partial charge in [0, 0.05) is 6.92 Å². The van der Waals surface area contributed by atoms with Crippen LogP contribution < -0.4 is 0 Å². The number of ether oxygens (including phenoxy) is 4. The zero-order chi connectivity index (χ0) is 19.2. The first-order valence-corrected chi connectivity index (χ1v) is 8.65. The fourth-order valence-electron chi connectivity index (χ4n) is 2.10. The van der Waals surface area contributed by atoms with Crippen molar-refractivity contribution in [2.75, 3.05) is 19.0 Å². The van der Waals surface area contributed by atoms with Gasteiger partial charge in [0.2, 0.25) is 0 Å². The molecule has 4 N–H and O–H groups in total. The lowest BCUT2D eigenvalue weighted by molar-refractivity contribution is -0.297. The lowest BCUT2D eigenvalue weighted by Gasteiger charge is -2.40. The van der Waals surface area contributed by atoms with Gasteiger partial charge in [0.1, 0.15) is 36.8 Å². The predicted molar refractivity (Wildman–Crippen MR) is 76.6 cm³/mol. The van der Waals surface area contributed by atoms with Crippen molar-refractivity contribution in [3.8, 4) is 0 Å². The van der Waals surface area contributed by atoms with Gasteiger partial charge in [0.05, 0.1) is 6.61 Å². The van der Waals surface area contributed by atoms with E-state index in [4.69, 9.17) is 18.8 Å². The summed E-state index contributed by atoms with van der Waals surface area (Å²) in [6.45, 7) is 0.425. The molecule has 25 heavy (non-hydrogen) atoms. The van der Waals surface area contributed by atoms with E-state index in [1.165, 1.54) is 0 Å². The van der Waals surface area contributed by atoms with E-state index in [1.54, 1.807) is 0 Å². The van der Waals surface area contributed by atoms with Gasteiger partial charge < -0.3 is 34.3 Å². The van der Waals surface area contributed by atoms with E-state index < -0.39 is 65.3 Å². The number of hydrogen-bond acceptors (Lipinski definition) is 11. The Balaban J connectivity index is 2.73. The Bertz CT molecular complexity index is 548. The second kappa shape index (κ2) is 9.38. The summed E-state index contributed by atoms with van der Waals surface area (Å²) in [7, 11) is -4.54. The molecule has 1 fully saturated rings. The van der Waals surface area contributed by atoms with E-state index in [1.807, 2.05) is 0 Å². The van der Waals surface area contributed by atoms with Crippen LogP contribution in [0.4, 0.5) is 0 Å².